The highest BCUT2D eigenvalue weighted by Gasteiger charge is 2.34. The molecule has 3 rings (SSSR count). The van der Waals surface area contributed by atoms with E-state index in [-0.39, 0.29) is 12.0 Å². The highest BCUT2D eigenvalue weighted by molar-refractivity contribution is 9.10. The van der Waals surface area contributed by atoms with Crippen LogP contribution in [0.3, 0.4) is 0 Å². The fourth-order valence-corrected chi connectivity index (χ4v) is 4.87. The maximum Gasteiger partial charge on any atom is 0.266 e. The van der Waals surface area contributed by atoms with Crippen LogP contribution in [0.2, 0.25) is 0 Å². The van der Waals surface area contributed by atoms with E-state index in [1.165, 1.54) is 11.8 Å². The van der Waals surface area contributed by atoms with Gasteiger partial charge in [-0.2, -0.15) is 0 Å². The summed E-state index contributed by atoms with van der Waals surface area (Å²) in [6.07, 6.45) is 3.93. The van der Waals surface area contributed by atoms with Crippen LogP contribution >= 0.6 is 39.9 Å². The summed E-state index contributed by atoms with van der Waals surface area (Å²) >= 11 is 10.3. The van der Waals surface area contributed by atoms with Crippen LogP contribution < -0.4 is 9.47 Å². The lowest BCUT2D eigenvalue weighted by Crippen LogP contribution is -2.35. The summed E-state index contributed by atoms with van der Waals surface area (Å²) in [7, 11) is 0. The standard InChI is InChI=1S/C19H22BrNO4S2/c1-3-23-15-9-12(8-14(20)17(15)24-4-2)10-16-18(22)21(19(26)27-16)11-13-6-5-7-25-13/h8-10,13H,3-7,11H2,1-2H3/b16-10-/t13-/m0/s1. The van der Waals surface area contributed by atoms with Gasteiger partial charge in [0.15, 0.2) is 11.5 Å². The quantitative estimate of drug-likeness (QED) is 0.426. The predicted octanol–water partition coefficient (Wildman–Crippen LogP) is 4.63. The minimum absolute atomic E-state index is 0.0662. The molecule has 0 aromatic heterocycles. The summed E-state index contributed by atoms with van der Waals surface area (Å²) in [4.78, 5) is 15.1. The molecule has 0 unspecified atom stereocenters. The van der Waals surface area contributed by atoms with Crippen LogP contribution in [0, 0.1) is 0 Å². The zero-order chi connectivity index (χ0) is 19.4. The Balaban J connectivity index is 1.83. The van der Waals surface area contributed by atoms with Gasteiger partial charge in [-0.1, -0.05) is 24.0 Å². The Hall–Kier alpha value is -1.09. The summed E-state index contributed by atoms with van der Waals surface area (Å²) in [6.45, 7) is 6.20. The maximum absolute atomic E-state index is 12.8. The van der Waals surface area contributed by atoms with E-state index in [4.69, 9.17) is 26.4 Å². The van der Waals surface area contributed by atoms with Crippen LogP contribution in [0.1, 0.15) is 32.3 Å². The Kier molecular flexibility index (Phi) is 7.19. The van der Waals surface area contributed by atoms with Gasteiger partial charge in [-0.25, -0.2) is 0 Å². The van der Waals surface area contributed by atoms with Crippen LogP contribution in [-0.2, 0) is 9.53 Å². The Labute approximate surface area is 177 Å². The van der Waals surface area contributed by atoms with E-state index >= 15 is 0 Å². The first kappa shape index (κ1) is 20.6. The molecule has 0 radical (unpaired) electrons. The van der Waals surface area contributed by atoms with Crippen molar-refractivity contribution in [2.45, 2.75) is 32.8 Å². The van der Waals surface area contributed by atoms with Crippen molar-refractivity contribution >= 4 is 56.2 Å². The summed E-state index contributed by atoms with van der Waals surface area (Å²) < 4.78 is 18.4. The number of hydrogen-bond donors (Lipinski definition) is 0. The second-order valence-electron chi connectivity index (χ2n) is 6.12. The normalized spacial score (nSPS) is 21.4. The van der Waals surface area contributed by atoms with E-state index in [9.17, 15) is 4.79 Å². The molecule has 8 heteroatoms. The maximum atomic E-state index is 12.8. The Morgan fingerprint density at radius 1 is 1.37 bits per heavy atom. The zero-order valence-electron chi connectivity index (χ0n) is 15.3. The lowest BCUT2D eigenvalue weighted by Gasteiger charge is -2.18. The highest BCUT2D eigenvalue weighted by atomic mass is 79.9. The first-order chi connectivity index (χ1) is 13.0. The van der Waals surface area contributed by atoms with E-state index < -0.39 is 0 Å². The van der Waals surface area contributed by atoms with Crippen molar-refractivity contribution in [2.75, 3.05) is 26.4 Å². The Bertz CT molecular complexity index is 762. The van der Waals surface area contributed by atoms with Crippen LogP contribution in [0.25, 0.3) is 6.08 Å². The lowest BCUT2D eigenvalue weighted by atomic mass is 10.1. The molecular formula is C19H22BrNO4S2. The number of ether oxygens (including phenoxy) is 3. The van der Waals surface area contributed by atoms with Crippen LogP contribution in [0.5, 0.6) is 11.5 Å². The van der Waals surface area contributed by atoms with Gasteiger partial charge in [0.1, 0.15) is 4.32 Å². The van der Waals surface area contributed by atoms with Crippen LogP contribution in [-0.4, -0.2) is 47.6 Å². The van der Waals surface area contributed by atoms with Gasteiger partial charge in [-0.3, -0.25) is 9.69 Å². The first-order valence-electron chi connectivity index (χ1n) is 8.99. The molecule has 2 aliphatic rings. The molecule has 1 atom stereocenters. The van der Waals surface area contributed by atoms with Gasteiger partial charge in [0.25, 0.3) is 5.91 Å². The SMILES string of the molecule is CCOc1cc(/C=C2\SC(=S)N(C[C@@H]3CCCO3)C2=O)cc(Br)c1OCC. The molecule has 0 N–H and O–H groups in total. The number of thioether (sulfide) groups is 1. The Morgan fingerprint density at radius 3 is 2.81 bits per heavy atom. The molecule has 1 amide bonds. The second kappa shape index (κ2) is 9.41. The van der Waals surface area contributed by atoms with Gasteiger partial charge < -0.3 is 14.2 Å². The number of halogens is 1. The Morgan fingerprint density at radius 2 is 2.15 bits per heavy atom. The molecule has 0 saturated carbocycles. The minimum atomic E-state index is -0.0662. The van der Waals surface area contributed by atoms with Gasteiger partial charge in [-0.05, 0) is 66.4 Å². The summed E-state index contributed by atoms with van der Waals surface area (Å²) in [5.74, 6) is 1.25. The number of carbonyl (C=O) groups excluding carboxylic acids is 1. The van der Waals surface area contributed by atoms with Crippen LogP contribution in [0.4, 0.5) is 0 Å². The number of carbonyl (C=O) groups is 1. The smallest absolute Gasteiger partial charge is 0.266 e. The largest absolute Gasteiger partial charge is 0.490 e. The van der Waals surface area contributed by atoms with Gasteiger partial charge in [0.05, 0.1) is 35.2 Å². The number of rotatable bonds is 7. The van der Waals surface area contributed by atoms with Gasteiger partial charge in [0.2, 0.25) is 0 Å². The summed E-state index contributed by atoms with van der Waals surface area (Å²) in [6, 6.07) is 3.80. The molecule has 0 spiro atoms. The van der Waals surface area contributed by atoms with Crippen molar-refractivity contribution in [1.82, 2.24) is 4.90 Å². The van der Waals surface area contributed by atoms with Crippen molar-refractivity contribution < 1.29 is 19.0 Å². The number of hydrogen-bond acceptors (Lipinski definition) is 6. The molecule has 27 heavy (non-hydrogen) atoms. The molecule has 2 heterocycles. The van der Waals surface area contributed by atoms with Gasteiger partial charge in [0, 0.05) is 6.61 Å². The van der Waals surface area contributed by atoms with Gasteiger partial charge in [-0.15, -0.1) is 0 Å². The second-order valence-corrected chi connectivity index (χ2v) is 8.65. The molecule has 2 saturated heterocycles. The fraction of sp³-hybridized carbons (Fsp3) is 0.474. The number of amides is 1. The van der Waals surface area contributed by atoms with Crippen molar-refractivity contribution in [2.24, 2.45) is 0 Å². The number of nitrogens with zero attached hydrogens (tertiary/aromatic N) is 1. The molecule has 1 aromatic carbocycles. The summed E-state index contributed by atoms with van der Waals surface area (Å²) in [5.41, 5.74) is 0.853. The molecule has 1 aromatic rings. The lowest BCUT2D eigenvalue weighted by molar-refractivity contribution is -0.123. The van der Waals surface area contributed by atoms with Gasteiger partial charge >= 0.3 is 0 Å². The van der Waals surface area contributed by atoms with Crippen molar-refractivity contribution in [3.05, 3.63) is 27.1 Å². The van der Waals surface area contributed by atoms with E-state index in [1.54, 1.807) is 4.90 Å². The first-order valence-corrected chi connectivity index (χ1v) is 11.0. The highest BCUT2D eigenvalue weighted by Crippen LogP contribution is 2.39. The van der Waals surface area contributed by atoms with E-state index in [1.807, 2.05) is 32.1 Å². The monoisotopic (exact) mass is 471 g/mol. The molecular weight excluding hydrogens is 450 g/mol. The van der Waals surface area contributed by atoms with E-state index in [0.717, 1.165) is 29.5 Å². The predicted molar refractivity (Wildman–Crippen MR) is 115 cm³/mol. The number of thiocarbonyl (C=S) groups is 1. The van der Waals surface area contributed by atoms with E-state index in [0.29, 0.717) is 40.5 Å². The molecule has 2 fully saturated rings. The number of benzene rings is 1. The topological polar surface area (TPSA) is 48.0 Å². The van der Waals surface area contributed by atoms with Crippen LogP contribution in [0.15, 0.2) is 21.5 Å². The molecule has 0 aliphatic carbocycles. The minimum Gasteiger partial charge on any atom is -0.490 e. The van der Waals surface area contributed by atoms with E-state index in [2.05, 4.69) is 15.9 Å². The molecule has 146 valence electrons. The average molecular weight is 472 g/mol. The molecule has 2 aliphatic heterocycles. The van der Waals surface area contributed by atoms with Crippen molar-refractivity contribution in [1.29, 1.82) is 0 Å². The average Bonchev–Trinajstić information content (AvgIpc) is 3.23. The third-order valence-electron chi connectivity index (χ3n) is 4.20. The third-order valence-corrected chi connectivity index (χ3v) is 6.17. The summed E-state index contributed by atoms with van der Waals surface area (Å²) in [5, 5.41) is 0. The fourth-order valence-electron chi connectivity index (χ4n) is 3.02. The van der Waals surface area contributed by atoms with Crippen molar-refractivity contribution in [3.8, 4) is 11.5 Å². The van der Waals surface area contributed by atoms with Crippen molar-refractivity contribution in [3.63, 3.8) is 0 Å². The molecule has 0 bridgehead atoms. The molecule has 5 nitrogen and oxygen atoms in total. The zero-order valence-corrected chi connectivity index (χ0v) is 18.5. The third kappa shape index (κ3) is 4.85.